The van der Waals surface area contributed by atoms with Crippen molar-refractivity contribution in [1.82, 2.24) is 0 Å². The molecule has 2 atom stereocenters. The third-order valence-corrected chi connectivity index (χ3v) is 3.01. The predicted molar refractivity (Wildman–Crippen MR) is 43.0 cm³/mol. The van der Waals surface area contributed by atoms with Crippen molar-refractivity contribution < 1.29 is 4.74 Å². The second kappa shape index (κ2) is 2.54. The maximum Gasteiger partial charge on any atom is 0.0681 e. The Bertz CT molecular complexity index is 116. The molecule has 1 fully saturated rings. The first-order valence-electron chi connectivity index (χ1n) is 4.15. The van der Waals surface area contributed by atoms with E-state index in [1.807, 2.05) is 7.11 Å². The van der Waals surface area contributed by atoms with E-state index in [0.29, 0.717) is 0 Å². The fraction of sp³-hybridized carbons (Fsp3) is 1.00. The predicted octanol–water partition coefficient (Wildman–Crippen LogP) is 2.46. The van der Waals surface area contributed by atoms with Crippen LogP contribution in [0.25, 0.3) is 0 Å². The molecule has 1 heteroatoms. The molecule has 0 aliphatic heterocycles. The highest BCUT2D eigenvalue weighted by molar-refractivity contribution is 4.95. The summed E-state index contributed by atoms with van der Waals surface area (Å²) in [6, 6.07) is 0. The van der Waals surface area contributed by atoms with Gasteiger partial charge in [0, 0.05) is 7.11 Å². The van der Waals surface area contributed by atoms with Crippen LogP contribution in [0.1, 0.15) is 33.6 Å². The van der Waals surface area contributed by atoms with Gasteiger partial charge in [-0.25, -0.2) is 0 Å². The van der Waals surface area contributed by atoms with E-state index < -0.39 is 0 Å². The second-order valence-electron chi connectivity index (χ2n) is 3.91. The van der Waals surface area contributed by atoms with Crippen LogP contribution in [0.5, 0.6) is 0 Å². The smallest absolute Gasteiger partial charge is 0.0681 e. The minimum Gasteiger partial charge on any atom is -0.378 e. The summed E-state index contributed by atoms with van der Waals surface area (Å²) in [6.45, 7) is 6.78. The molecule has 0 aromatic rings. The van der Waals surface area contributed by atoms with Gasteiger partial charge in [0.2, 0.25) is 0 Å². The highest BCUT2D eigenvalue weighted by atomic mass is 16.5. The number of hydrogen-bond donors (Lipinski definition) is 0. The third kappa shape index (κ3) is 1.07. The van der Waals surface area contributed by atoms with Gasteiger partial charge in [-0.15, -0.1) is 0 Å². The first kappa shape index (κ1) is 8.06. The van der Waals surface area contributed by atoms with Gasteiger partial charge in [-0.1, -0.05) is 13.8 Å². The summed E-state index contributed by atoms with van der Waals surface area (Å²) in [5, 5.41) is 0. The molecular weight excluding hydrogens is 124 g/mol. The van der Waals surface area contributed by atoms with Crippen LogP contribution >= 0.6 is 0 Å². The second-order valence-corrected chi connectivity index (χ2v) is 3.91. The Morgan fingerprint density at radius 1 is 1.50 bits per heavy atom. The Hall–Kier alpha value is -0.0400. The lowest BCUT2D eigenvalue weighted by molar-refractivity contribution is -0.125. The van der Waals surface area contributed by atoms with Gasteiger partial charge in [0.1, 0.15) is 0 Å². The minimum atomic E-state index is 0.203. The summed E-state index contributed by atoms with van der Waals surface area (Å²) in [5.74, 6) is 1.57. The summed E-state index contributed by atoms with van der Waals surface area (Å²) in [5.41, 5.74) is 0.203. The quantitative estimate of drug-likeness (QED) is 0.575. The average molecular weight is 142 g/mol. The standard InChI is InChI=1S/C9H18O/c1-7(2)8-5-6-9(8,3)10-4/h7-8H,5-6H2,1-4H3/t8-,9+/m1/s1. The van der Waals surface area contributed by atoms with Crippen molar-refractivity contribution in [3.8, 4) is 0 Å². The summed E-state index contributed by atoms with van der Waals surface area (Å²) in [4.78, 5) is 0. The van der Waals surface area contributed by atoms with Crippen molar-refractivity contribution in [3.05, 3.63) is 0 Å². The first-order valence-corrected chi connectivity index (χ1v) is 4.15. The molecule has 1 saturated carbocycles. The van der Waals surface area contributed by atoms with E-state index in [1.165, 1.54) is 12.8 Å². The van der Waals surface area contributed by atoms with E-state index in [1.54, 1.807) is 0 Å². The van der Waals surface area contributed by atoms with Crippen LogP contribution in [0.4, 0.5) is 0 Å². The highest BCUT2D eigenvalue weighted by Crippen LogP contribution is 2.44. The van der Waals surface area contributed by atoms with Gasteiger partial charge in [0.15, 0.2) is 0 Å². The van der Waals surface area contributed by atoms with Crippen LogP contribution in [-0.2, 0) is 4.74 Å². The monoisotopic (exact) mass is 142 g/mol. The van der Waals surface area contributed by atoms with Crippen molar-refractivity contribution >= 4 is 0 Å². The van der Waals surface area contributed by atoms with Gasteiger partial charge < -0.3 is 4.74 Å². The Kier molecular flexibility index (Phi) is 2.04. The molecule has 0 saturated heterocycles. The summed E-state index contributed by atoms with van der Waals surface area (Å²) in [7, 11) is 1.83. The van der Waals surface area contributed by atoms with Crippen molar-refractivity contribution in [1.29, 1.82) is 0 Å². The molecule has 0 bridgehead atoms. The van der Waals surface area contributed by atoms with Gasteiger partial charge in [0.25, 0.3) is 0 Å². The molecule has 1 aliphatic rings. The Morgan fingerprint density at radius 3 is 2.20 bits per heavy atom. The molecule has 10 heavy (non-hydrogen) atoms. The molecule has 1 rings (SSSR count). The van der Waals surface area contributed by atoms with Gasteiger partial charge >= 0.3 is 0 Å². The van der Waals surface area contributed by atoms with Crippen molar-refractivity contribution in [3.63, 3.8) is 0 Å². The van der Waals surface area contributed by atoms with Gasteiger partial charge in [-0.2, -0.15) is 0 Å². The molecule has 0 radical (unpaired) electrons. The fourth-order valence-corrected chi connectivity index (χ4v) is 2.01. The van der Waals surface area contributed by atoms with E-state index >= 15 is 0 Å². The van der Waals surface area contributed by atoms with Crippen LogP contribution in [0.2, 0.25) is 0 Å². The topological polar surface area (TPSA) is 9.23 Å². The van der Waals surface area contributed by atoms with Crippen molar-refractivity contribution in [2.45, 2.75) is 39.2 Å². The summed E-state index contributed by atoms with van der Waals surface area (Å²) >= 11 is 0. The Labute approximate surface area is 63.8 Å². The molecule has 0 aromatic carbocycles. The van der Waals surface area contributed by atoms with Crippen LogP contribution in [0.15, 0.2) is 0 Å². The fourth-order valence-electron chi connectivity index (χ4n) is 2.01. The van der Waals surface area contributed by atoms with E-state index in [-0.39, 0.29) is 5.60 Å². The SMILES string of the molecule is CO[C@@]1(C)CC[C@@H]1C(C)C. The van der Waals surface area contributed by atoms with Gasteiger partial charge in [0.05, 0.1) is 5.60 Å². The molecular formula is C9H18O. The molecule has 60 valence electrons. The van der Waals surface area contributed by atoms with E-state index in [4.69, 9.17) is 4.74 Å². The van der Waals surface area contributed by atoms with E-state index in [2.05, 4.69) is 20.8 Å². The summed E-state index contributed by atoms with van der Waals surface area (Å²) < 4.78 is 5.45. The first-order chi connectivity index (χ1) is 4.60. The molecule has 0 heterocycles. The average Bonchev–Trinajstić information content (AvgIpc) is 1.83. The van der Waals surface area contributed by atoms with Crippen molar-refractivity contribution in [2.75, 3.05) is 7.11 Å². The molecule has 1 nitrogen and oxygen atoms in total. The number of methoxy groups -OCH3 is 1. The third-order valence-electron chi connectivity index (χ3n) is 3.01. The number of rotatable bonds is 2. The van der Waals surface area contributed by atoms with Crippen LogP contribution < -0.4 is 0 Å². The van der Waals surface area contributed by atoms with Gasteiger partial charge in [-0.3, -0.25) is 0 Å². The van der Waals surface area contributed by atoms with E-state index in [9.17, 15) is 0 Å². The van der Waals surface area contributed by atoms with Crippen LogP contribution in [0, 0.1) is 11.8 Å². The largest absolute Gasteiger partial charge is 0.378 e. The van der Waals surface area contributed by atoms with Crippen molar-refractivity contribution in [2.24, 2.45) is 11.8 Å². The van der Waals surface area contributed by atoms with Crippen LogP contribution in [0.3, 0.4) is 0 Å². The number of ether oxygens (including phenoxy) is 1. The molecule has 0 N–H and O–H groups in total. The zero-order valence-electron chi connectivity index (χ0n) is 7.48. The zero-order chi connectivity index (χ0) is 7.78. The van der Waals surface area contributed by atoms with Gasteiger partial charge in [-0.05, 0) is 31.6 Å². The maximum atomic E-state index is 5.45. The maximum absolute atomic E-state index is 5.45. The Morgan fingerprint density at radius 2 is 2.10 bits per heavy atom. The zero-order valence-corrected chi connectivity index (χ0v) is 7.48. The van der Waals surface area contributed by atoms with Crippen LogP contribution in [-0.4, -0.2) is 12.7 Å². The lowest BCUT2D eigenvalue weighted by Crippen LogP contribution is -2.48. The molecule has 0 unspecified atom stereocenters. The Balaban J connectivity index is 2.49. The lowest BCUT2D eigenvalue weighted by atomic mass is 9.65. The molecule has 0 aromatic heterocycles. The molecule has 0 spiro atoms. The normalized spacial score (nSPS) is 39.9. The molecule has 1 aliphatic carbocycles. The molecule has 0 amide bonds. The summed E-state index contributed by atoms with van der Waals surface area (Å²) in [6.07, 6.45) is 2.59. The minimum absolute atomic E-state index is 0.203. The van der Waals surface area contributed by atoms with E-state index in [0.717, 1.165) is 11.8 Å². The lowest BCUT2D eigenvalue weighted by Gasteiger charge is -2.48. The number of hydrogen-bond acceptors (Lipinski definition) is 1. The highest BCUT2D eigenvalue weighted by Gasteiger charge is 2.44.